The van der Waals surface area contributed by atoms with Gasteiger partial charge in [-0.25, -0.2) is 0 Å². The summed E-state index contributed by atoms with van der Waals surface area (Å²) in [6.45, 7) is 16.5. The zero-order chi connectivity index (χ0) is 37.4. The highest BCUT2D eigenvalue weighted by molar-refractivity contribution is 6.30. The van der Waals surface area contributed by atoms with E-state index in [0.717, 1.165) is 32.4 Å². The Morgan fingerprint density at radius 1 is 0.959 bits per heavy atom. The lowest BCUT2D eigenvalue weighted by atomic mass is 9.85. The molecule has 0 radical (unpaired) electrons. The molecule has 0 unspecified atom stereocenters. The fraction of sp³-hybridized carbons (Fsp3) is 0.500. The number of ketones is 3. The van der Waals surface area contributed by atoms with Gasteiger partial charge in [0.05, 0.1) is 28.6 Å². The number of esters is 1. The Labute approximate surface area is 290 Å². The Hall–Kier alpha value is -4.51. The van der Waals surface area contributed by atoms with Gasteiger partial charge in [-0.05, 0) is 57.4 Å². The van der Waals surface area contributed by atoms with Crippen LogP contribution in [-0.4, -0.2) is 58.9 Å². The van der Waals surface area contributed by atoms with E-state index >= 15 is 0 Å². The predicted octanol–water partition coefficient (Wildman–Crippen LogP) is 6.84. The van der Waals surface area contributed by atoms with Gasteiger partial charge in [0.1, 0.15) is 17.6 Å². The predicted molar refractivity (Wildman–Crippen MR) is 187 cm³/mol. The summed E-state index contributed by atoms with van der Waals surface area (Å²) in [5, 5.41) is 20.4. The summed E-state index contributed by atoms with van der Waals surface area (Å²) in [5.74, 6) is -3.37. The van der Waals surface area contributed by atoms with Gasteiger partial charge in [0.15, 0.2) is 5.78 Å². The van der Waals surface area contributed by atoms with Crippen molar-refractivity contribution in [3.8, 4) is 11.5 Å². The fourth-order valence-electron chi connectivity index (χ4n) is 5.41. The highest BCUT2D eigenvalue weighted by atomic mass is 16.7. The van der Waals surface area contributed by atoms with Gasteiger partial charge in [-0.3, -0.25) is 24.0 Å². The molecule has 0 saturated heterocycles. The van der Waals surface area contributed by atoms with Crippen molar-refractivity contribution in [2.24, 2.45) is 11.8 Å². The average molecular weight is 684 g/mol. The van der Waals surface area contributed by atoms with E-state index < -0.39 is 35.3 Å². The highest BCUT2D eigenvalue weighted by Gasteiger charge is 2.44. The van der Waals surface area contributed by atoms with Crippen LogP contribution in [0.4, 0.5) is 0 Å². The number of phenols is 1. The van der Waals surface area contributed by atoms with E-state index in [2.05, 4.69) is 12.2 Å². The first-order valence-electron chi connectivity index (χ1n) is 16.9. The van der Waals surface area contributed by atoms with E-state index in [1.807, 2.05) is 40.7 Å². The van der Waals surface area contributed by atoms with Gasteiger partial charge in [-0.2, -0.15) is 0 Å². The first-order valence-corrected chi connectivity index (χ1v) is 16.9. The lowest BCUT2D eigenvalue weighted by molar-refractivity contribution is -0.149. The molecule has 1 aromatic carbocycles. The fourth-order valence-corrected chi connectivity index (χ4v) is 5.41. The molecule has 5 rings (SSSR count). The van der Waals surface area contributed by atoms with E-state index in [0.29, 0.717) is 18.4 Å². The van der Waals surface area contributed by atoms with Crippen LogP contribution in [0.3, 0.4) is 0 Å². The topological polar surface area (TPSA) is 166 Å². The smallest absolute Gasteiger partial charge is 0.304 e. The number of phenolic OH excluding ortho intramolecular Hbond substituents is 1. The van der Waals surface area contributed by atoms with E-state index in [1.165, 1.54) is 20.1 Å². The number of hydrogen-bond donors (Lipinski definition) is 3. The molecule has 0 spiro atoms. The number of carbonyl (C=O) groups is 5. The molecule has 1 amide bonds. The van der Waals surface area contributed by atoms with Gasteiger partial charge < -0.3 is 29.7 Å². The summed E-state index contributed by atoms with van der Waals surface area (Å²) in [4.78, 5) is 64.6. The van der Waals surface area contributed by atoms with Crippen LogP contribution in [0.15, 0.2) is 47.9 Å². The third-order valence-electron chi connectivity index (χ3n) is 7.92. The molecule has 4 atom stereocenters. The van der Waals surface area contributed by atoms with Crippen LogP contribution < -0.4 is 10.1 Å². The minimum Gasteiger partial charge on any atom is -0.507 e. The second kappa shape index (κ2) is 20.8. The Morgan fingerprint density at radius 2 is 1.61 bits per heavy atom. The van der Waals surface area contributed by atoms with Gasteiger partial charge in [0.2, 0.25) is 11.6 Å². The summed E-state index contributed by atoms with van der Waals surface area (Å²) in [6.07, 6.45) is 11.3. The SMILES string of the molecule is CC.CC.CC(=O)O[C@@H]1CC/C=C/O[C@H]2Oc3c(C)c(O)c4c(c3C2=O)C(=O)C=C(NC(=O)/C(C)=C\C=C\[C@H](C)CCC[C@H]1C)C4=O.CO. The number of hydrogen-bond acceptors (Lipinski definition) is 10. The minimum atomic E-state index is -1.43. The molecule has 1 aromatic rings. The number of nitrogens with one attached hydrogen (secondary N) is 1. The maximum Gasteiger partial charge on any atom is 0.304 e. The van der Waals surface area contributed by atoms with Gasteiger partial charge in [-0.1, -0.05) is 66.2 Å². The number of aromatic hydroxyl groups is 1. The van der Waals surface area contributed by atoms with Crippen LogP contribution in [0.2, 0.25) is 0 Å². The van der Waals surface area contributed by atoms with Crippen molar-refractivity contribution < 1.29 is 48.4 Å². The van der Waals surface area contributed by atoms with Crippen molar-refractivity contribution in [3.05, 3.63) is 70.2 Å². The first kappa shape index (κ1) is 42.5. The quantitative estimate of drug-likeness (QED) is 0.267. The number of fused-ring (bicyclic) bond motifs is 14. The Kier molecular flexibility index (Phi) is 18.0. The van der Waals surface area contributed by atoms with Crippen molar-refractivity contribution in [2.45, 2.75) is 107 Å². The number of aliphatic hydroxyl groups is 1. The molecule has 270 valence electrons. The van der Waals surface area contributed by atoms with E-state index in [9.17, 15) is 29.1 Å². The van der Waals surface area contributed by atoms with E-state index in [1.54, 1.807) is 25.2 Å². The summed E-state index contributed by atoms with van der Waals surface area (Å²) in [6, 6.07) is 0. The highest BCUT2D eigenvalue weighted by Crippen LogP contribution is 2.45. The van der Waals surface area contributed by atoms with Gasteiger partial charge in [-0.15, -0.1) is 0 Å². The average Bonchev–Trinajstić information content (AvgIpc) is 3.41. The summed E-state index contributed by atoms with van der Waals surface area (Å²) in [7, 11) is 1.00. The number of Topliss-reactive ketones (excluding diaryl/α,β-unsaturated/α-hetero) is 2. The van der Waals surface area contributed by atoms with Crippen LogP contribution in [0.5, 0.6) is 11.5 Å². The van der Waals surface area contributed by atoms with Crippen LogP contribution in [0.1, 0.15) is 124 Å². The number of carbonyl (C=O) groups excluding carboxylic acids is 5. The summed E-state index contributed by atoms with van der Waals surface area (Å²) < 4.78 is 16.8. The number of aliphatic hydroxyl groups excluding tert-OH is 1. The van der Waals surface area contributed by atoms with Crippen LogP contribution in [0.25, 0.3) is 0 Å². The second-order valence-electron chi connectivity index (χ2n) is 11.3. The molecule has 5 bridgehead atoms. The van der Waals surface area contributed by atoms with Crippen LogP contribution in [-0.2, 0) is 19.1 Å². The monoisotopic (exact) mass is 683 g/mol. The first-order chi connectivity index (χ1) is 23.4. The lowest BCUT2D eigenvalue weighted by Crippen LogP contribution is -2.32. The molecular weight excluding hydrogens is 630 g/mol. The van der Waals surface area contributed by atoms with Crippen molar-refractivity contribution in [1.29, 1.82) is 0 Å². The zero-order valence-corrected chi connectivity index (χ0v) is 30.5. The third kappa shape index (κ3) is 10.7. The number of rotatable bonds is 1. The van der Waals surface area contributed by atoms with Crippen molar-refractivity contribution in [3.63, 3.8) is 0 Å². The number of ether oxygens (including phenoxy) is 3. The van der Waals surface area contributed by atoms with Crippen LogP contribution >= 0.6 is 0 Å². The number of benzene rings is 1. The zero-order valence-electron chi connectivity index (χ0n) is 30.5. The second-order valence-corrected chi connectivity index (χ2v) is 11.3. The number of amides is 1. The standard InChI is InChI=1S/C33H37NO9.2C2H6.CH4O/c1-17-10-8-12-18(2)24(42-21(5)35)14-6-7-15-41-33-30(39)27-25-23(36)16-22(34-32(40)19(3)13-9-11-17)29(38)26(25)28(37)20(4)31(27)43-33;3*1-2/h7,9,11,13,15-18,24,33,37H,6,8,10,12,14H2,1-5H3,(H,34,40);2*1-2H3;2H,1H3/b11-9+,15-7+,19-13-;;;/t17-,18-,24-,33+;;;/m1.../s1. The van der Waals surface area contributed by atoms with Gasteiger partial charge >= 0.3 is 12.3 Å². The lowest BCUT2D eigenvalue weighted by Gasteiger charge is -2.23. The van der Waals surface area contributed by atoms with Crippen LogP contribution in [0, 0.1) is 18.8 Å². The molecule has 0 aromatic heterocycles. The molecule has 3 heterocycles. The molecule has 49 heavy (non-hydrogen) atoms. The molecule has 4 aliphatic rings. The Balaban J connectivity index is 0.00000189. The normalized spacial score (nSPS) is 24.6. The largest absolute Gasteiger partial charge is 0.507 e. The number of allylic oxidation sites excluding steroid dienone is 6. The molecule has 1 aliphatic carbocycles. The molecule has 11 nitrogen and oxygen atoms in total. The Bertz CT molecular complexity index is 1480. The summed E-state index contributed by atoms with van der Waals surface area (Å²) >= 11 is 0. The van der Waals surface area contributed by atoms with Crippen molar-refractivity contribution in [2.75, 3.05) is 7.11 Å². The van der Waals surface area contributed by atoms with E-state index in [-0.39, 0.29) is 57.6 Å². The molecule has 11 heteroatoms. The van der Waals surface area contributed by atoms with Crippen molar-refractivity contribution in [1.82, 2.24) is 5.32 Å². The third-order valence-corrected chi connectivity index (χ3v) is 7.92. The van der Waals surface area contributed by atoms with E-state index in [4.69, 9.17) is 19.3 Å². The Morgan fingerprint density at radius 3 is 2.24 bits per heavy atom. The van der Waals surface area contributed by atoms with Gasteiger partial charge in [0.25, 0.3) is 5.91 Å². The molecule has 3 aliphatic heterocycles. The minimum absolute atomic E-state index is 0.0456. The maximum atomic E-state index is 13.4. The van der Waals surface area contributed by atoms with Crippen molar-refractivity contribution >= 4 is 29.2 Å². The molecular formula is C38H53NO10. The maximum absolute atomic E-state index is 13.4. The van der Waals surface area contributed by atoms with Gasteiger partial charge in [0, 0.05) is 31.2 Å². The molecule has 3 N–H and O–H groups in total. The molecule has 0 saturated carbocycles. The summed E-state index contributed by atoms with van der Waals surface area (Å²) in [5.41, 5.74) is -0.739. The molecule has 0 fully saturated rings.